The van der Waals surface area contributed by atoms with Gasteiger partial charge in [0.1, 0.15) is 6.67 Å². The summed E-state index contributed by atoms with van der Waals surface area (Å²) in [6.45, 7) is 2.30. The molecule has 0 aromatic heterocycles. The summed E-state index contributed by atoms with van der Waals surface area (Å²) in [5.41, 5.74) is 8.74. The van der Waals surface area contributed by atoms with Crippen LogP contribution in [0.1, 0.15) is 33.0 Å². The van der Waals surface area contributed by atoms with Crippen molar-refractivity contribution in [3.05, 3.63) is 58.7 Å². The number of alkyl halides is 3. The number of amides is 1. The van der Waals surface area contributed by atoms with Gasteiger partial charge >= 0.3 is 0 Å². The normalized spacial score (nSPS) is 12.3. The third kappa shape index (κ3) is 3.95. The van der Waals surface area contributed by atoms with Crippen LogP contribution in [0.2, 0.25) is 0 Å². The number of halogens is 3. The number of nitrogens with two attached hydrogens (primary N) is 1. The largest absolute Gasteiger partial charge is 0.399 e. The lowest BCUT2D eigenvalue weighted by Crippen LogP contribution is -2.28. The van der Waals surface area contributed by atoms with Gasteiger partial charge in [-0.25, -0.2) is 8.78 Å². The lowest BCUT2D eigenvalue weighted by Gasteiger charge is -2.24. The molecule has 0 aliphatic heterocycles. The van der Waals surface area contributed by atoms with E-state index in [2.05, 4.69) is 0 Å². The van der Waals surface area contributed by atoms with Gasteiger partial charge in [0, 0.05) is 24.0 Å². The molecule has 0 saturated heterocycles. The van der Waals surface area contributed by atoms with Crippen molar-refractivity contribution in [2.75, 3.05) is 24.4 Å². The molecule has 0 aliphatic rings. The summed E-state index contributed by atoms with van der Waals surface area (Å²) in [6, 6.07) is 9.64. The van der Waals surface area contributed by atoms with Gasteiger partial charge in [-0.15, -0.1) is 0 Å². The Kier molecular flexibility index (Phi) is 5.72. The van der Waals surface area contributed by atoms with E-state index in [0.717, 1.165) is 0 Å². The summed E-state index contributed by atoms with van der Waals surface area (Å²) < 4.78 is 38.9. The number of nitrogens with zero attached hydrogens (tertiary/aromatic N) is 1. The summed E-state index contributed by atoms with van der Waals surface area (Å²) in [4.78, 5) is 14.1. The second-order valence-electron chi connectivity index (χ2n) is 6.09. The van der Waals surface area contributed by atoms with E-state index in [1.807, 2.05) is 0 Å². The highest BCUT2D eigenvalue weighted by atomic mass is 19.3. The Hall–Kier alpha value is -2.50. The minimum absolute atomic E-state index is 0.237. The smallest absolute Gasteiger partial charge is 0.258 e. The number of nitrogen functional groups attached to an aromatic ring is 1. The van der Waals surface area contributed by atoms with Gasteiger partial charge in [-0.2, -0.15) is 0 Å². The minimum atomic E-state index is -2.78. The fourth-order valence-electron chi connectivity index (χ4n) is 3.00. The van der Waals surface area contributed by atoms with Crippen molar-refractivity contribution in [3.8, 4) is 0 Å². The highest BCUT2D eigenvalue weighted by molar-refractivity contribution is 6.07. The van der Waals surface area contributed by atoms with Crippen molar-refractivity contribution in [1.29, 1.82) is 0 Å². The Morgan fingerprint density at radius 1 is 1.16 bits per heavy atom. The van der Waals surface area contributed by atoms with Gasteiger partial charge in [-0.1, -0.05) is 18.2 Å². The van der Waals surface area contributed by atoms with Gasteiger partial charge in [-0.3, -0.25) is 9.18 Å². The van der Waals surface area contributed by atoms with Crippen molar-refractivity contribution in [1.82, 2.24) is 0 Å². The van der Waals surface area contributed by atoms with Gasteiger partial charge in [0.2, 0.25) is 6.43 Å². The Labute approximate surface area is 145 Å². The number of benzene rings is 2. The molecule has 0 aliphatic carbocycles. The number of rotatable bonds is 5. The van der Waals surface area contributed by atoms with E-state index in [4.69, 9.17) is 5.73 Å². The zero-order valence-electron chi connectivity index (χ0n) is 14.4. The van der Waals surface area contributed by atoms with E-state index >= 15 is 0 Å². The molecular formula is C19H21F3N2O. The maximum Gasteiger partial charge on any atom is 0.258 e. The molecule has 134 valence electrons. The van der Waals surface area contributed by atoms with Crippen molar-refractivity contribution in [2.24, 2.45) is 0 Å². The summed E-state index contributed by atoms with van der Waals surface area (Å²) in [5, 5.41) is 0. The number of anilines is 2. The highest BCUT2D eigenvalue weighted by Gasteiger charge is 2.25. The molecule has 1 atom stereocenters. The van der Waals surface area contributed by atoms with Crippen LogP contribution in [0.25, 0.3) is 0 Å². The molecule has 0 heterocycles. The molecule has 3 nitrogen and oxygen atoms in total. The Morgan fingerprint density at radius 3 is 2.24 bits per heavy atom. The van der Waals surface area contributed by atoms with Crippen LogP contribution in [0.3, 0.4) is 0 Å². The molecule has 1 unspecified atom stereocenters. The molecule has 0 radical (unpaired) electrons. The molecule has 2 N–H and O–H groups in total. The molecule has 2 aromatic rings. The quantitative estimate of drug-likeness (QED) is 0.808. The summed E-state index contributed by atoms with van der Waals surface area (Å²) in [7, 11) is 1.61. The van der Waals surface area contributed by atoms with Crippen LogP contribution >= 0.6 is 0 Å². The number of hydrogen-bond acceptors (Lipinski definition) is 2. The van der Waals surface area contributed by atoms with Crippen molar-refractivity contribution < 1.29 is 18.0 Å². The zero-order chi connectivity index (χ0) is 18.7. The summed E-state index contributed by atoms with van der Waals surface area (Å²) >= 11 is 0. The number of carbonyl (C=O) groups is 1. The predicted molar refractivity (Wildman–Crippen MR) is 94.2 cm³/mol. The number of aryl methyl sites for hydroxylation is 2. The molecule has 2 aromatic carbocycles. The third-order valence-electron chi connectivity index (χ3n) is 4.19. The average Bonchev–Trinajstić information content (AvgIpc) is 2.53. The van der Waals surface area contributed by atoms with Gasteiger partial charge in [0.15, 0.2) is 0 Å². The van der Waals surface area contributed by atoms with Crippen molar-refractivity contribution >= 4 is 17.3 Å². The standard InChI is InChI=1S/C19H21F3N2O/c1-11-7-14(16(10-20)18(21)22)8-12(2)17(11)24(3)19(25)13-5-4-6-15(23)9-13/h4-9,16,18H,10,23H2,1-3H3. The van der Waals surface area contributed by atoms with Crippen LogP contribution in [-0.4, -0.2) is 26.1 Å². The van der Waals surface area contributed by atoms with Crippen LogP contribution in [0.5, 0.6) is 0 Å². The van der Waals surface area contributed by atoms with Crippen molar-refractivity contribution in [2.45, 2.75) is 26.2 Å². The molecule has 25 heavy (non-hydrogen) atoms. The highest BCUT2D eigenvalue weighted by Crippen LogP contribution is 2.32. The summed E-state index contributed by atoms with van der Waals surface area (Å²) in [5.74, 6) is -1.72. The first-order valence-electron chi connectivity index (χ1n) is 7.85. The first-order valence-corrected chi connectivity index (χ1v) is 7.85. The molecule has 0 spiro atoms. The van der Waals surface area contributed by atoms with Crippen LogP contribution < -0.4 is 10.6 Å². The summed E-state index contributed by atoms with van der Waals surface area (Å²) in [6.07, 6.45) is -2.78. The molecule has 0 bridgehead atoms. The van der Waals surface area contributed by atoms with Crippen LogP contribution in [0, 0.1) is 13.8 Å². The van der Waals surface area contributed by atoms with Crippen molar-refractivity contribution in [3.63, 3.8) is 0 Å². The second kappa shape index (κ2) is 7.59. The Morgan fingerprint density at radius 2 is 1.76 bits per heavy atom. The topological polar surface area (TPSA) is 46.3 Å². The molecule has 0 fully saturated rings. The molecular weight excluding hydrogens is 329 g/mol. The lowest BCUT2D eigenvalue weighted by molar-refractivity contribution is 0.0988. The monoisotopic (exact) mass is 350 g/mol. The molecule has 2 rings (SSSR count). The van der Waals surface area contributed by atoms with Gasteiger partial charge in [0.25, 0.3) is 5.91 Å². The Balaban J connectivity index is 2.40. The van der Waals surface area contributed by atoms with E-state index in [0.29, 0.717) is 28.1 Å². The molecule has 0 saturated carbocycles. The van der Waals surface area contributed by atoms with Crippen LogP contribution in [0.4, 0.5) is 24.5 Å². The fraction of sp³-hybridized carbons (Fsp3) is 0.316. The van der Waals surface area contributed by atoms with E-state index in [9.17, 15) is 18.0 Å². The average molecular weight is 350 g/mol. The third-order valence-corrected chi connectivity index (χ3v) is 4.19. The van der Waals surface area contributed by atoms with Crippen LogP contribution in [0.15, 0.2) is 36.4 Å². The van der Waals surface area contributed by atoms with Gasteiger partial charge < -0.3 is 10.6 Å². The number of carbonyl (C=O) groups excluding carboxylic acids is 1. The SMILES string of the molecule is Cc1cc(C(CF)C(F)F)cc(C)c1N(C)C(=O)c1cccc(N)c1. The minimum Gasteiger partial charge on any atom is -0.399 e. The zero-order valence-corrected chi connectivity index (χ0v) is 14.4. The second-order valence-corrected chi connectivity index (χ2v) is 6.09. The van der Waals surface area contributed by atoms with Gasteiger partial charge in [0.05, 0.1) is 5.92 Å². The van der Waals surface area contributed by atoms with E-state index < -0.39 is 19.0 Å². The van der Waals surface area contributed by atoms with E-state index in [1.54, 1.807) is 45.2 Å². The predicted octanol–water partition coefficient (Wildman–Crippen LogP) is 4.48. The molecule has 6 heteroatoms. The lowest BCUT2D eigenvalue weighted by atomic mass is 9.95. The maximum absolute atomic E-state index is 13.0. The Bertz CT molecular complexity index is 754. The first-order chi connectivity index (χ1) is 11.8. The van der Waals surface area contributed by atoms with Gasteiger partial charge in [-0.05, 0) is 48.7 Å². The first kappa shape index (κ1) is 18.8. The number of hydrogen-bond donors (Lipinski definition) is 1. The maximum atomic E-state index is 13.0. The van der Waals surface area contributed by atoms with E-state index in [1.165, 1.54) is 17.0 Å². The molecule has 1 amide bonds. The fourth-order valence-corrected chi connectivity index (χ4v) is 3.00. The van der Waals surface area contributed by atoms with Crippen LogP contribution in [-0.2, 0) is 0 Å². The van der Waals surface area contributed by atoms with E-state index in [-0.39, 0.29) is 11.5 Å².